The van der Waals surface area contributed by atoms with Crippen molar-refractivity contribution in [3.05, 3.63) is 77.3 Å². The molecule has 0 radical (unpaired) electrons. The third-order valence-corrected chi connectivity index (χ3v) is 4.21. The molecule has 0 unspecified atom stereocenters. The molecular weight excluding hydrogens is 349 g/mol. The van der Waals surface area contributed by atoms with Gasteiger partial charge in [0.1, 0.15) is 11.6 Å². The summed E-state index contributed by atoms with van der Waals surface area (Å²) >= 11 is 0. The van der Waals surface area contributed by atoms with Gasteiger partial charge >= 0.3 is 0 Å². The molecule has 2 amide bonds. The number of hydrogen-bond donors (Lipinski definition) is 2. The number of aromatic nitrogens is 1. The van der Waals surface area contributed by atoms with Gasteiger partial charge in [-0.25, -0.2) is 4.39 Å². The zero-order valence-electron chi connectivity index (χ0n) is 15.1. The highest BCUT2D eigenvalue weighted by Crippen LogP contribution is 2.21. The Morgan fingerprint density at radius 1 is 1.11 bits per heavy atom. The van der Waals surface area contributed by atoms with E-state index in [1.54, 1.807) is 30.3 Å². The molecule has 3 rings (SSSR count). The highest BCUT2D eigenvalue weighted by molar-refractivity contribution is 5.97. The summed E-state index contributed by atoms with van der Waals surface area (Å²) < 4.78 is 20.1. The standard InChI is InChI=1S/C20H20FN3O3/c1-13-10-18(14(2)24(13)16-7-5-15(21)6-8-16)20(26)23-12-19(25)22-11-17-4-3-9-27-17/h3-10H,11-12H2,1-2H3,(H,22,25)(H,23,26). The third-order valence-electron chi connectivity index (χ3n) is 4.21. The summed E-state index contributed by atoms with van der Waals surface area (Å²) in [6, 6.07) is 11.3. The lowest BCUT2D eigenvalue weighted by atomic mass is 10.2. The van der Waals surface area contributed by atoms with E-state index in [0.717, 1.165) is 11.4 Å². The molecule has 2 N–H and O–H groups in total. The first kappa shape index (κ1) is 18.4. The summed E-state index contributed by atoms with van der Waals surface area (Å²) in [6.07, 6.45) is 1.53. The van der Waals surface area contributed by atoms with Crippen molar-refractivity contribution in [3.63, 3.8) is 0 Å². The Labute approximate surface area is 156 Å². The van der Waals surface area contributed by atoms with Gasteiger partial charge in [-0.3, -0.25) is 9.59 Å². The molecule has 0 aliphatic carbocycles. The quantitative estimate of drug-likeness (QED) is 0.701. The smallest absolute Gasteiger partial charge is 0.253 e. The number of halogens is 1. The van der Waals surface area contributed by atoms with E-state index in [1.807, 2.05) is 18.4 Å². The van der Waals surface area contributed by atoms with Crippen LogP contribution in [0.25, 0.3) is 5.69 Å². The van der Waals surface area contributed by atoms with Crippen molar-refractivity contribution in [1.29, 1.82) is 0 Å². The van der Waals surface area contributed by atoms with E-state index >= 15 is 0 Å². The maximum atomic E-state index is 13.1. The number of benzene rings is 1. The molecule has 0 saturated carbocycles. The van der Waals surface area contributed by atoms with Gasteiger partial charge in [0.2, 0.25) is 5.91 Å². The van der Waals surface area contributed by atoms with Crippen LogP contribution in [0.15, 0.2) is 53.1 Å². The topological polar surface area (TPSA) is 76.3 Å². The summed E-state index contributed by atoms with van der Waals surface area (Å²) in [4.78, 5) is 24.3. The fourth-order valence-electron chi connectivity index (χ4n) is 2.90. The van der Waals surface area contributed by atoms with E-state index in [4.69, 9.17) is 4.42 Å². The van der Waals surface area contributed by atoms with Gasteiger partial charge in [-0.15, -0.1) is 0 Å². The van der Waals surface area contributed by atoms with Gasteiger partial charge in [-0.2, -0.15) is 0 Å². The molecule has 0 spiro atoms. The Hall–Kier alpha value is -3.35. The van der Waals surface area contributed by atoms with E-state index in [9.17, 15) is 14.0 Å². The van der Waals surface area contributed by atoms with Gasteiger partial charge in [0.05, 0.1) is 24.9 Å². The Balaban J connectivity index is 1.64. The first-order chi connectivity index (χ1) is 13.0. The number of nitrogens with one attached hydrogen (secondary N) is 2. The molecule has 0 aliphatic rings. The number of amides is 2. The molecule has 140 valence electrons. The van der Waals surface area contributed by atoms with Gasteiger partial charge in [-0.1, -0.05) is 0 Å². The zero-order chi connectivity index (χ0) is 19.4. The monoisotopic (exact) mass is 369 g/mol. The molecule has 0 fully saturated rings. The van der Waals surface area contributed by atoms with Gasteiger partial charge in [0.25, 0.3) is 5.91 Å². The van der Waals surface area contributed by atoms with Crippen LogP contribution in [0.5, 0.6) is 0 Å². The number of aryl methyl sites for hydroxylation is 1. The molecule has 0 bridgehead atoms. The molecule has 2 aromatic heterocycles. The first-order valence-electron chi connectivity index (χ1n) is 8.48. The molecule has 27 heavy (non-hydrogen) atoms. The molecule has 6 nitrogen and oxygen atoms in total. The molecule has 2 heterocycles. The van der Waals surface area contributed by atoms with Crippen LogP contribution in [-0.2, 0) is 11.3 Å². The predicted molar refractivity (Wildman–Crippen MR) is 98.1 cm³/mol. The van der Waals surface area contributed by atoms with Gasteiger partial charge in [-0.05, 0) is 56.3 Å². The van der Waals surface area contributed by atoms with E-state index in [1.165, 1.54) is 18.4 Å². The van der Waals surface area contributed by atoms with E-state index in [2.05, 4.69) is 10.6 Å². The van der Waals surface area contributed by atoms with Crippen LogP contribution in [0.3, 0.4) is 0 Å². The molecule has 0 aliphatic heterocycles. The average Bonchev–Trinajstić information content (AvgIpc) is 3.27. The van der Waals surface area contributed by atoms with Gasteiger partial charge in [0, 0.05) is 17.1 Å². The SMILES string of the molecule is Cc1cc(C(=O)NCC(=O)NCc2ccco2)c(C)n1-c1ccc(F)cc1. The fourth-order valence-corrected chi connectivity index (χ4v) is 2.90. The molecule has 7 heteroatoms. The summed E-state index contributed by atoms with van der Waals surface area (Å²) in [5.41, 5.74) is 2.79. The van der Waals surface area contributed by atoms with E-state index in [0.29, 0.717) is 17.0 Å². The molecular formula is C20H20FN3O3. The number of hydrogen-bond acceptors (Lipinski definition) is 3. The summed E-state index contributed by atoms with van der Waals surface area (Å²) in [7, 11) is 0. The Kier molecular flexibility index (Phi) is 5.40. The Morgan fingerprint density at radius 3 is 2.52 bits per heavy atom. The molecule has 0 atom stereocenters. The largest absolute Gasteiger partial charge is 0.467 e. The third kappa shape index (κ3) is 4.25. The lowest BCUT2D eigenvalue weighted by molar-refractivity contribution is -0.120. The van der Waals surface area contributed by atoms with Crippen molar-refractivity contribution in [2.75, 3.05) is 6.54 Å². The highest BCUT2D eigenvalue weighted by atomic mass is 19.1. The summed E-state index contributed by atoms with van der Waals surface area (Å²) in [5.74, 6) is -0.339. The van der Waals surface area contributed by atoms with Crippen LogP contribution in [-0.4, -0.2) is 22.9 Å². The minimum atomic E-state index is -0.343. The van der Waals surface area contributed by atoms with Crippen molar-refractivity contribution >= 4 is 11.8 Å². The summed E-state index contributed by atoms with van der Waals surface area (Å²) in [6.45, 7) is 3.80. The van der Waals surface area contributed by atoms with Crippen LogP contribution in [0, 0.1) is 19.7 Å². The van der Waals surface area contributed by atoms with Crippen molar-refractivity contribution in [3.8, 4) is 5.69 Å². The second-order valence-corrected chi connectivity index (χ2v) is 6.14. The van der Waals surface area contributed by atoms with Crippen molar-refractivity contribution < 1.29 is 18.4 Å². The average molecular weight is 369 g/mol. The lowest BCUT2D eigenvalue weighted by Crippen LogP contribution is -2.36. The predicted octanol–water partition coefficient (Wildman–Crippen LogP) is 2.87. The number of rotatable bonds is 6. The number of carbonyl (C=O) groups excluding carboxylic acids is 2. The van der Waals surface area contributed by atoms with Crippen molar-refractivity contribution in [2.24, 2.45) is 0 Å². The summed E-state index contributed by atoms with van der Waals surface area (Å²) in [5, 5.41) is 5.28. The Morgan fingerprint density at radius 2 is 1.85 bits per heavy atom. The number of carbonyl (C=O) groups is 2. The van der Waals surface area contributed by atoms with Crippen molar-refractivity contribution in [2.45, 2.75) is 20.4 Å². The maximum absolute atomic E-state index is 13.1. The minimum absolute atomic E-state index is 0.139. The van der Waals surface area contributed by atoms with Crippen LogP contribution in [0.1, 0.15) is 27.5 Å². The molecule has 3 aromatic rings. The van der Waals surface area contributed by atoms with Crippen molar-refractivity contribution in [1.82, 2.24) is 15.2 Å². The number of nitrogens with zero attached hydrogens (tertiary/aromatic N) is 1. The maximum Gasteiger partial charge on any atom is 0.253 e. The van der Waals surface area contributed by atoms with Crippen LogP contribution in [0.2, 0.25) is 0 Å². The van der Waals surface area contributed by atoms with Crippen LogP contribution in [0.4, 0.5) is 4.39 Å². The van der Waals surface area contributed by atoms with Gasteiger partial charge in [0.15, 0.2) is 0 Å². The second kappa shape index (κ2) is 7.90. The zero-order valence-corrected chi connectivity index (χ0v) is 15.1. The lowest BCUT2D eigenvalue weighted by Gasteiger charge is -2.10. The van der Waals surface area contributed by atoms with Crippen LogP contribution < -0.4 is 10.6 Å². The van der Waals surface area contributed by atoms with Gasteiger partial charge < -0.3 is 19.6 Å². The molecule has 1 aromatic carbocycles. The number of furan rings is 1. The second-order valence-electron chi connectivity index (χ2n) is 6.14. The normalized spacial score (nSPS) is 10.6. The van der Waals surface area contributed by atoms with E-state index < -0.39 is 0 Å². The minimum Gasteiger partial charge on any atom is -0.467 e. The van der Waals surface area contributed by atoms with Crippen LogP contribution >= 0.6 is 0 Å². The van der Waals surface area contributed by atoms with E-state index in [-0.39, 0.29) is 30.7 Å². The Bertz CT molecular complexity index is 944. The highest BCUT2D eigenvalue weighted by Gasteiger charge is 2.17. The fraction of sp³-hybridized carbons (Fsp3) is 0.200. The molecule has 0 saturated heterocycles. The first-order valence-corrected chi connectivity index (χ1v) is 8.48.